The molecule has 1 fully saturated rings. The number of rotatable bonds is 3. The summed E-state index contributed by atoms with van der Waals surface area (Å²) in [6.07, 6.45) is 3.74. The Balaban J connectivity index is 0.00000280. The highest BCUT2D eigenvalue weighted by atomic mass is 35.5. The van der Waals surface area contributed by atoms with Gasteiger partial charge in [0, 0.05) is 11.5 Å². The van der Waals surface area contributed by atoms with Crippen molar-refractivity contribution in [1.29, 1.82) is 0 Å². The molecule has 28 heavy (non-hydrogen) atoms. The van der Waals surface area contributed by atoms with Gasteiger partial charge in [-0.15, -0.1) is 17.5 Å². The maximum Gasteiger partial charge on any atom is 0.278 e. The van der Waals surface area contributed by atoms with E-state index >= 15 is 0 Å². The molecule has 2 aromatic rings. The number of hydrogen-bond acceptors (Lipinski definition) is 5. The van der Waals surface area contributed by atoms with E-state index in [9.17, 15) is 4.79 Å². The minimum absolute atomic E-state index is 0. The van der Waals surface area contributed by atoms with Crippen LogP contribution in [-0.2, 0) is 11.0 Å². The first-order valence-corrected chi connectivity index (χ1v) is 9.60. The molecule has 1 amide bonds. The maximum atomic E-state index is 12.8. The summed E-state index contributed by atoms with van der Waals surface area (Å²) in [4.78, 5) is 12.8. The summed E-state index contributed by atoms with van der Waals surface area (Å²) in [5.74, 6) is 0.412. The van der Waals surface area contributed by atoms with Crippen molar-refractivity contribution in [1.82, 2.24) is 30.1 Å². The minimum Gasteiger partial charge on any atom is -0.317 e. The van der Waals surface area contributed by atoms with E-state index in [1.807, 2.05) is 15.4 Å². The number of aromatic nitrogens is 5. The number of amides is 1. The highest BCUT2D eigenvalue weighted by Crippen LogP contribution is 2.28. The molecule has 3 heterocycles. The highest BCUT2D eigenvalue weighted by Gasteiger charge is 2.27. The summed E-state index contributed by atoms with van der Waals surface area (Å²) < 4.78 is 3.68. The van der Waals surface area contributed by atoms with Gasteiger partial charge in [0.25, 0.3) is 5.91 Å². The van der Waals surface area contributed by atoms with E-state index in [0.717, 1.165) is 31.6 Å². The molecule has 0 aromatic carbocycles. The van der Waals surface area contributed by atoms with Crippen molar-refractivity contribution in [2.24, 2.45) is 0 Å². The molecule has 1 aliphatic heterocycles. The fourth-order valence-electron chi connectivity index (χ4n) is 3.16. The molecule has 1 saturated heterocycles. The minimum atomic E-state index is -0.263. The average molecular weight is 410 g/mol. The van der Waals surface area contributed by atoms with Crippen molar-refractivity contribution in [3.05, 3.63) is 23.7 Å². The second kappa shape index (κ2) is 8.21. The van der Waals surface area contributed by atoms with Gasteiger partial charge in [-0.25, -0.2) is 9.36 Å². The Morgan fingerprint density at radius 3 is 2.39 bits per heavy atom. The van der Waals surface area contributed by atoms with Crippen molar-refractivity contribution < 1.29 is 4.79 Å². The highest BCUT2D eigenvalue weighted by molar-refractivity contribution is 6.02. The first-order valence-electron chi connectivity index (χ1n) is 9.60. The van der Waals surface area contributed by atoms with Gasteiger partial charge in [0.1, 0.15) is 5.82 Å². The van der Waals surface area contributed by atoms with E-state index < -0.39 is 0 Å². The molecule has 0 aliphatic carbocycles. The van der Waals surface area contributed by atoms with Crippen molar-refractivity contribution in [2.45, 2.75) is 71.4 Å². The van der Waals surface area contributed by atoms with Crippen LogP contribution in [-0.4, -0.2) is 43.8 Å². The van der Waals surface area contributed by atoms with Crippen molar-refractivity contribution >= 4 is 24.1 Å². The Labute approximate surface area is 172 Å². The van der Waals surface area contributed by atoms with Gasteiger partial charge in [-0.1, -0.05) is 26.0 Å². The van der Waals surface area contributed by atoms with E-state index in [2.05, 4.69) is 62.5 Å². The topological polar surface area (TPSA) is 89.7 Å². The number of halogens is 1. The van der Waals surface area contributed by atoms with Crippen molar-refractivity contribution in [3.63, 3.8) is 0 Å². The predicted molar refractivity (Wildman–Crippen MR) is 112 cm³/mol. The number of carbonyl (C=O) groups is 1. The molecule has 0 unspecified atom stereocenters. The zero-order valence-electron chi connectivity index (χ0n) is 17.6. The number of nitrogens with zero attached hydrogens (tertiary/aromatic N) is 5. The fraction of sp³-hybridized carbons (Fsp3) is 0.684. The van der Waals surface area contributed by atoms with Crippen LogP contribution in [0.25, 0.3) is 0 Å². The summed E-state index contributed by atoms with van der Waals surface area (Å²) in [7, 11) is 0. The summed E-state index contributed by atoms with van der Waals surface area (Å²) in [6.45, 7) is 14.5. The molecule has 0 atom stereocenters. The van der Waals surface area contributed by atoms with Crippen LogP contribution in [0.1, 0.15) is 76.6 Å². The first-order chi connectivity index (χ1) is 12.6. The Hall–Kier alpha value is -1.93. The third kappa shape index (κ3) is 4.91. The van der Waals surface area contributed by atoms with Crippen molar-refractivity contribution in [2.75, 3.05) is 18.4 Å². The fourth-order valence-corrected chi connectivity index (χ4v) is 3.16. The summed E-state index contributed by atoms with van der Waals surface area (Å²) in [5, 5.41) is 19.3. The van der Waals surface area contributed by atoms with Gasteiger partial charge < -0.3 is 10.6 Å². The van der Waals surface area contributed by atoms with Crippen LogP contribution in [0, 0.1) is 0 Å². The standard InChI is InChI=1S/C19H31N7O.ClH/c1-18(2,3)15-11-16(26(23-15)19(4,5)6)21-17(27)14-12-25(24-22-14)13-7-9-20-10-8-13;/h11-13,20H,7-10H2,1-6H3,(H,21,27);1H. The van der Waals surface area contributed by atoms with Crippen LogP contribution in [0.15, 0.2) is 12.3 Å². The molecule has 8 nitrogen and oxygen atoms in total. The lowest BCUT2D eigenvalue weighted by molar-refractivity contribution is 0.102. The number of nitrogens with one attached hydrogen (secondary N) is 2. The zero-order chi connectivity index (χ0) is 19.8. The third-order valence-corrected chi connectivity index (χ3v) is 4.78. The molecular formula is C19H32ClN7O. The first kappa shape index (κ1) is 22.4. The molecule has 156 valence electrons. The van der Waals surface area contributed by atoms with Gasteiger partial charge in [0.05, 0.1) is 23.5 Å². The quantitative estimate of drug-likeness (QED) is 0.812. The summed E-state index contributed by atoms with van der Waals surface area (Å²) in [5.41, 5.74) is 0.908. The van der Waals surface area contributed by atoms with Crippen LogP contribution in [0.5, 0.6) is 0 Å². The molecule has 2 aromatic heterocycles. The molecule has 9 heteroatoms. The monoisotopic (exact) mass is 409 g/mol. The van der Waals surface area contributed by atoms with Crippen LogP contribution < -0.4 is 10.6 Å². The van der Waals surface area contributed by atoms with E-state index in [1.54, 1.807) is 6.20 Å². The number of hydrogen-bond donors (Lipinski definition) is 2. The summed E-state index contributed by atoms with van der Waals surface area (Å²) in [6, 6.07) is 2.24. The van der Waals surface area contributed by atoms with Crippen LogP contribution in [0.4, 0.5) is 5.82 Å². The number of anilines is 1. The summed E-state index contributed by atoms with van der Waals surface area (Å²) >= 11 is 0. The van der Waals surface area contributed by atoms with E-state index in [4.69, 9.17) is 5.10 Å². The normalized spacial score (nSPS) is 15.9. The van der Waals surface area contributed by atoms with Gasteiger partial charge in [-0.05, 0) is 46.7 Å². The van der Waals surface area contributed by atoms with Gasteiger partial charge >= 0.3 is 0 Å². The van der Waals surface area contributed by atoms with E-state index in [-0.39, 0.29) is 29.3 Å². The van der Waals surface area contributed by atoms with Crippen LogP contribution >= 0.6 is 12.4 Å². The Morgan fingerprint density at radius 1 is 1.18 bits per heavy atom. The molecule has 0 radical (unpaired) electrons. The van der Waals surface area contributed by atoms with Crippen molar-refractivity contribution in [3.8, 4) is 0 Å². The Bertz CT molecular complexity index is 807. The van der Waals surface area contributed by atoms with E-state index in [1.165, 1.54) is 0 Å². The molecule has 1 aliphatic rings. The van der Waals surface area contributed by atoms with Crippen LogP contribution in [0.3, 0.4) is 0 Å². The Morgan fingerprint density at radius 2 is 1.82 bits per heavy atom. The van der Waals surface area contributed by atoms with Gasteiger partial charge in [0.15, 0.2) is 5.69 Å². The van der Waals surface area contributed by atoms with Gasteiger partial charge in [0.2, 0.25) is 0 Å². The molecule has 3 rings (SSSR count). The average Bonchev–Trinajstić information content (AvgIpc) is 3.22. The largest absolute Gasteiger partial charge is 0.317 e. The molecule has 0 spiro atoms. The Kier molecular flexibility index (Phi) is 6.55. The maximum absolute atomic E-state index is 12.8. The molecule has 2 N–H and O–H groups in total. The lowest BCUT2D eigenvalue weighted by Gasteiger charge is -2.23. The van der Waals surface area contributed by atoms with Gasteiger partial charge in [-0.2, -0.15) is 5.10 Å². The second-order valence-corrected chi connectivity index (χ2v) is 9.27. The smallest absolute Gasteiger partial charge is 0.278 e. The number of carbonyl (C=O) groups excluding carboxylic acids is 1. The van der Waals surface area contributed by atoms with E-state index in [0.29, 0.717) is 17.6 Å². The second-order valence-electron chi connectivity index (χ2n) is 9.27. The lowest BCUT2D eigenvalue weighted by atomic mass is 9.92. The lowest BCUT2D eigenvalue weighted by Crippen LogP contribution is -2.29. The zero-order valence-corrected chi connectivity index (χ0v) is 18.4. The SMILES string of the molecule is CC(C)(C)c1cc(NC(=O)c2cn(C3CCNCC3)nn2)n(C(C)(C)C)n1.Cl. The van der Waals surface area contributed by atoms with Gasteiger partial charge in [-0.3, -0.25) is 4.79 Å². The van der Waals surface area contributed by atoms with Crippen LogP contribution in [0.2, 0.25) is 0 Å². The molecular weight excluding hydrogens is 378 g/mol. The number of piperidine rings is 1. The molecule has 0 bridgehead atoms. The third-order valence-electron chi connectivity index (χ3n) is 4.78. The molecule has 0 saturated carbocycles. The predicted octanol–water partition coefficient (Wildman–Crippen LogP) is 3.13.